The van der Waals surface area contributed by atoms with Crippen molar-refractivity contribution in [3.05, 3.63) is 17.2 Å². The van der Waals surface area contributed by atoms with Gasteiger partial charge in [0.2, 0.25) is 0 Å². The minimum atomic E-state index is -0.377. The zero-order valence-electron chi connectivity index (χ0n) is 13.7. The Kier molecular flexibility index (Phi) is 5.41. The Morgan fingerprint density at radius 1 is 1.33 bits per heavy atom. The molecule has 1 heterocycles. The maximum absolute atomic E-state index is 9.27. The van der Waals surface area contributed by atoms with Crippen molar-refractivity contribution in [1.82, 2.24) is 14.9 Å². The second kappa shape index (κ2) is 7.09. The topological polar surface area (TPSA) is 53.6 Å². The molecular weight excluding hydrogens is 260 g/mol. The number of aromatic nitrogens is 2. The predicted molar refractivity (Wildman–Crippen MR) is 85.2 cm³/mol. The number of aryl methyl sites for hydroxylation is 2. The van der Waals surface area contributed by atoms with Gasteiger partial charge in [-0.25, -0.2) is 4.98 Å². The number of hydrogen-bond acceptors (Lipinski definition) is 3. The first kappa shape index (κ1) is 16.0. The van der Waals surface area contributed by atoms with Gasteiger partial charge in [0, 0.05) is 12.2 Å². The molecule has 0 bridgehead atoms. The van der Waals surface area contributed by atoms with Crippen LogP contribution in [-0.2, 0) is 19.4 Å². The van der Waals surface area contributed by atoms with Crippen LogP contribution in [0.25, 0.3) is 0 Å². The third-order valence-corrected chi connectivity index (χ3v) is 4.55. The summed E-state index contributed by atoms with van der Waals surface area (Å²) in [6.45, 7) is 8.06. The third kappa shape index (κ3) is 3.85. The number of rotatable bonds is 7. The van der Waals surface area contributed by atoms with Crippen LogP contribution in [0.4, 0.5) is 0 Å². The highest BCUT2D eigenvalue weighted by atomic mass is 15.1. The Morgan fingerprint density at radius 3 is 2.81 bits per heavy atom. The molecule has 1 N–H and O–H groups in total. The van der Waals surface area contributed by atoms with E-state index in [1.54, 1.807) is 0 Å². The molecular formula is C17H28N4. The average molecular weight is 288 g/mol. The van der Waals surface area contributed by atoms with E-state index in [0.717, 1.165) is 44.6 Å². The molecule has 1 unspecified atom stereocenters. The molecule has 1 aromatic heterocycles. The molecule has 0 aromatic carbocycles. The van der Waals surface area contributed by atoms with E-state index < -0.39 is 0 Å². The van der Waals surface area contributed by atoms with Crippen LogP contribution < -0.4 is 5.32 Å². The van der Waals surface area contributed by atoms with E-state index in [1.807, 2.05) is 6.92 Å². The summed E-state index contributed by atoms with van der Waals surface area (Å²) in [7, 11) is 0. The van der Waals surface area contributed by atoms with Gasteiger partial charge in [-0.2, -0.15) is 5.26 Å². The van der Waals surface area contributed by atoms with Crippen molar-refractivity contribution in [3.8, 4) is 6.07 Å². The lowest BCUT2D eigenvalue weighted by molar-refractivity contribution is 0.402. The van der Waals surface area contributed by atoms with Crippen LogP contribution >= 0.6 is 0 Å². The van der Waals surface area contributed by atoms with Gasteiger partial charge in [-0.3, -0.25) is 5.32 Å². The van der Waals surface area contributed by atoms with E-state index in [9.17, 15) is 5.26 Å². The van der Waals surface area contributed by atoms with Crippen molar-refractivity contribution >= 4 is 0 Å². The smallest absolute Gasteiger partial charge is 0.106 e. The van der Waals surface area contributed by atoms with Crippen LogP contribution in [0.15, 0.2) is 0 Å². The number of nitriles is 1. The van der Waals surface area contributed by atoms with Crippen molar-refractivity contribution in [3.63, 3.8) is 0 Å². The number of nitrogens with one attached hydrogen (secondary N) is 1. The predicted octanol–water partition coefficient (Wildman–Crippen LogP) is 3.13. The highest BCUT2D eigenvalue weighted by Crippen LogP contribution is 2.23. The summed E-state index contributed by atoms with van der Waals surface area (Å²) < 4.78 is 2.41. The van der Waals surface area contributed by atoms with Crippen LogP contribution in [0.3, 0.4) is 0 Å². The highest BCUT2D eigenvalue weighted by molar-refractivity contribution is 5.19. The molecule has 0 radical (unpaired) electrons. The Hall–Kier alpha value is -1.34. The number of nitrogens with zero attached hydrogens (tertiary/aromatic N) is 3. The largest absolute Gasteiger partial charge is 0.332 e. The van der Waals surface area contributed by atoms with Crippen molar-refractivity contribution in [2.45, 2.75) is 77.8 Å². The molecule has 4 heteroatoms. The minimum absolute atomic E-state index is 0.377. The molecule has 0 fully saturated rings. The first-order valence-corrected chi connectivity index (χ1v) is 8.31. The fourth-order valence-corrected chi connectivity index (χ4v) is 3.35. The van der Waals surface area contributed by atoms with E-state index in [1.165, 1.54) is 30.7 Å². The molecule has 0 saturated heterocycles. The Labute approximate surface area is 128 Å². The molecule has 1 aliphatic rings. The summed E-state index contributed by atoms with van der Waals surface area (Å²) in [5, 5.41) is 12.6. The summed E-state index contributed by atoms with van der Waals surface area (Å²) in [4.78, 5) is 4.72. The summed E-state index contributed by atoms with van der Waals surface area (Å²) >= 11 is 0. The van der Waals surface area contributed by atoms with Gasteiger partial charge in [0.05, 0.1) is 11.8 Å². The van der Waals surface area contributed by atoms with Crippen LogP contribution in [-0.4, -0.2) is 21.6 Å². The van der Waals surface area contributed by atoms with Crippen molar-refractivity contribution in [2.75, 3.05) is 6.54 Å². The summed E-state index contributed by atoms with van der Waals surface area (Å²) in [6.07, 6.45) is 8.01. The Morgan fingerprint density at radius 2 is 2.10 bits per heavy atom. The summed E-state index contributed by atoms with van der Waals surface area (Å²) in [6, 6.07) is 2.40. The molecule has 2 rings (SSSR count). The summed E-state index contributed by atoms with van der Waals surface area (Å²) in [5.41, 5.74) is 2.42. The van der Waals surface area contributed by atoms with Gasteiger partial charge in [0.25, 0.3) is 0 Å². The van der Waals surface area contributed by atoms with Crippen LogP contribution in [0.5, 0.6) is 0 Å². The van der Waals surface area contributed by atoms with E-state index >= 15 is 0 Å². The molecule has 1 aliphatic carbocycles. The van der Waals surface area contributed by atoms with E-state index in [4.69, 9.17) is 4.98 Å². The molecule has 21 heavy (non-hydrogen) atoms. The Bertz CT molecular complexity index is 512. The standard InChI is InChI=1S/C17H28N4/c1-4-19-17(3,13-18)11-7-8-12-21-14(2)20-15-9-5-6-10-16(15)21/h19H,4-12H2,1-3H3. The van der Waals surface area contributed by atoms with E-state index in [0.29, 0.717) is 0 Å². The van der Waals surface area contributed by atoms with E-state index in [-0.39, 0.29) is 5.54 Å². The van der Waals surface area contributed by atoms with Crippen LogP contribution in [0.1, 0.15) is 63.2 Å². The number of imidazole rings is 1. The van der Waals surface area contributed by atoms with Crippen LogP contribution in [0.2, 0.25) is 0 Å². The monoisotopic (exact) mass is 288 g/mol. The van der Waals surface area contributed by atoms with Gasteiger partial charge in [-0.15, -0.1) is 0 Å². The van der Waals surface area contributed by atoms with Gasteiger partial charge >= 0.3 is 0 Å². The normalized spacial score (nSPS) is 17.0. The molecule has 0 saturated carbocycles. The van der Waals surface area contributed by atoms with Gasteiger partial charge in [-0.1, -0.05) is 6.92 Å². The van der Waals surface area contributed by atoms with Gasteiger partial charge in [0.1, 0.15) is 11.4 Å². The fraction of sp³-hybridized carbons (Fsp3) is 0.765. The molecule has 1 atom stereocenters. The zero-order chi connectivity index (χ0) is 15.3. The van der Waals surface area contributed by atoms with Crippen molar-refractivity contribution in [1.29, 1.82) is 5.26 Å². The minimum Gasteiger partial charge on any atom is -0.332 e. The van der Waals surface area contributed by atoms with E-state index in [2.05, 4.69) is 29.8 Å². The first-order chi connectivity index (χ1) is 10.1. The molecule has 1 aromatic rings. The second-order valence-corrected chi connectivity index (χ2v) is 6.34. The molecule has 0 amide bonds. The fourth-order valence-electron chi connectivity index (χ4n) is 3.35. The highest BCUT2D eigenvalue weighted by Gasteiger charge is 2.22. The molecule has 4 nitrogen and oxygen atoms in total. The molecule has 0 aliphatic heterocycles. The van der Waals surface area contributed by atoms with Crippen LogP contribution in [0, 0.1) is 18.3 Å². The summed E-state index contributed by atoms with van der Waals surface area (Å²) in [5.74, 6) is 1.16. The number of unbranched alkanes of at least 4 members (excludes halogenated alkanes) is 1. The third-order valence-electron chi connectivity index (χ3n) is 4.55. The lowest BCUT2D eigenvalue weighted by Crippen LogP contribution is -2.40. The molecule has 116 valence electrons. The maximum atomic E-state index is 9.27. The number of fused-ring (bicyclic) bond motifs is 1. The Balaban J connectivity index is 1.87. The quantitative estimate of drug-likeness (QED) is 0.784. The second-order valence-electron chi connectivity index (χ2n) is 6.34. The lowest BCUT2D eigenvalue weighted by atomic mass is 9.96. The van der Waals surface area contributed by atoms with Crippen molar-refractivity contribution in [2.24, 2.45) is 0 Å². The molecule has 0 spiro atoms. The average Bonchev–Trinajstić information content (AvgIpc) is 2.80. The maximum Gasteiger partial charge on any atom is 0.106 e. The number of hydrogen-bond donors (Lipinski definition) is 1. The van der Waals surface area contributed by atoms with Crippen molar-refractivity contribution < 1.29 is 0 Å². The van der Waals surface area contributed by atoms with Gasteiger partial charge in [0.15, 0.2) is 0 Å². The first-order valence-electron chi connectivity index (χ1n) is 8.31. The zero-order valence-corrected chi connectivity index (χ0v) is 13.7. The SMILES string of the molecule is CCNC(C)(C#N)CCCCn1c(C)nc2c1CCCC2. The van der Waals surface area contributed by atoms with Gasteiger partial charge in [-0.05, 0) is 65.3 Å². The lowest BCUT2D eigenvalue weighted by Gasteiger charge is -2.22. The van der Waals surface area contributed by atoms with Gasteiger partial charge < -0.3 is 4.57 Å².